The van der Waals surface area contributed by atoms with E-state index in [1.807, 2.05) is 6.92 Å². The fourth-order valence-electron chi connectivity index (χ4n) is 2.86. The van der Waals surface area contributed by atoms with Gasteiger partial charge < -0.3 is 19.7 Å². The second-order valence-corrected chi connectivity index (χ2v) is 6.51. The highest BCUT2D eigenvalue weighted by Gasteiger charge is 2.34. The monoisotopic (exact) mass is 439 g/mol. The zero-order valence-electron chi connectivity index (χ0n) is 14.5. The van der Waals surface area contributed by atoms with Crippen molar-refractivity contribution >= 4 is 35.9 Å². The van der Waals surface area contributed by atoms with Crippen molar-refractivity contribution in [3.8, 4) is 0 Å². The summed E-state index contributed by atoms with van der Waals surface area (Å²) in [4.78, 5) is 18.9. The minimum absolute atomic E-state index is 0. The molecule has 2 heterocycles. The lowest BCUT2D eigenvalue weighted by molar-refractivity contribution is -0.149. The molecule has 0 aromatic heterocycles. The molecule has 1 N–H and O–H groups in total. The minimum atomic E-state index is -0.0811. The van der Waals surface area contributed by atoms with E-state index in [4.69, 9.17) is 14.5 Å². The van der Waals surface area contributed by atoms with Crippen LogP contribution in [0.1, 0.15) is 33.6 Å². The first-order chi connectivity index (χ1) is 10.6. The summed E-state index contributed by atoms with van der Waals surface area (Å²) in [5, 5.41) is 3.35. The largest absolute Gasteiger partial charge is 0.466 e. The third kappa shape index (κ3) is 5.77. The molecule has 2 aliphatic heterocycles. The maximum Gasteiger partial charge on any atom is 0.310 e. The molecule has 0 bridgehead atoms. The Morgan fingerprint density at radius 1 is 1.43 bits per heavy atom. The van der Waals surface area contributed by atoms with E-state index in [1.54, 1.807) is 0 Å². The van der Waals surface area contributed by atoms with Crippen molar-refractivity contribution in [3.63, 3.8) is 0 Å². The van der Waals surface area contributed by atoms with Crippen molar-refractivity contribution in [3.05, 3.63) is 0 Å². The number of rotatable bonds is 5. The molecule has 0 radical (unpaired) electrons. The molecular formula is C16H30IN3O3. The Bertz CT molecular complexity index is 413. The average molecular weight is 439 g/mol. The van der Waals surface area contributed by atoms with Crippen LogP contribution in [0.3, 0.4) is 0 Å². The molecule has 1 unspecified atom stereocenters. The maximum absolute atomic E-state index is 12.0. The molecule has 0 amide bonds. The third-order valence-electron chi connectivity index (χ3n) is 4.19. The Balaban J connectivity index is 0.00000264. The van der Waals surface area contributed by atoms with E-state index in [2.05, 4.69) is 24.1 Å². The topological polar surface area (TPSA) is 63.2 Å². The molecule has 0 aromatic carbocycles. The quantitative estimate of drug-likeness (QED) is 0.307. The minimum Gasteiger partial charge on any atom is -0.466 e. The van der Waals surface area contributed by atoms with E-state index in [0.717, 1.165) is 51.6 Å². The van der Waals surface area contributed by atoms with Crippen LogP contribution < -0.4 is 5.32 Å². The number of nitrogens with one attached hydrogen (secondary N) is 1. The summed E-state index contributed by atoms with van der Waals surface area (Å²) in [5.74, 6) is 0.784. The van der Waals surface area contributed by atoms with E-state index in [9.17, 15) is 4.79 Å². The van der Waals surface area contributed by atoms with E-state index in [-0.39, 0.29) is 41.3 Å². The van der Waals surface area contributed by atoms with E-state index in [0.29, 0.717) is 13.2 Å². The molecule has 7 heteroatoms. The van der Waals surface area contributed by atoms with E-state index in [1.165, 1.54) is 0 Å². The smallest absolute Gasteiger partial charge is 0.310 e. The number of esters is 1. The Morgan fingerprint density at radius 3 is 2.74 bits per heavy atom. The lowest BCUT2D eigenvalue weighted by atomic mass is 9.89. The highest BCUT2D eigenvalue weighted by Crippen LogP contribution is 2.27. The second kappa shape index (κ2) is 9.66. The maximum atomic E-state index is 12.0. The first-order valence-electron chi connectivity index (χ1n) is 8.35. The predicted octanol–water partition coefficient (Wildman–Crippen LogP) is 1.88. The van der Waals surface area contributed by atoms with Gasteiger partial charge in [-0.05, 0) is 26.7 Å². The summed E-state index contributed by atoms with van der Waals surface area (Å²) in [7, 11) is 0. The molecule has 2 saturated heterocycles. The van der Waals surface area contributed by atoms with Gasteiger partial charge in [0.2, 0.25) is 0 Å². The number of likely N-dealkylation sites (tertiary alicyclic amines) is 1. The summed E-state index contributed by atoms with van der Waals surface area (Å²) in [6.45, 7) is 11.3. The molecule has 23 heavy (non-hydrogen) atoms. The number of carbonyl (C=O) groups excluding carboxylic acids is 1. The molecule has 6 nitrogen and oxygen atoms in total. The van der Waals surface area contributed by atoms with Gasteiger partial charge in [0.1, 0.15) is 0 Å². The van der Waals surface area contributed by atoms with Crippen LogP contribution in [-0.4, -0.2) is 62.8 Å². The van der Waals surface area contributed by atoms with Crippen LogP contribution >= 0.6 is 24.0 Å². The zero-order chi connectivity index (χ0) is 16.0. The van der Waals surface area contributed by atoms with Gasteiger partial charge in [-0.15, -0.1) is 24.0 Å². The molecule has 2 aliphatic rings. The van der Waals surface area contributed by atoms with Crippen molar-refractivity contribution < 1.29 is 14.3 Å². The van der Waals surface area contributed by atoms with Crippen molar-refractivity contribution in [2.75, 3.05) is 46.0 Å². The van der Waals surface area contributed by atoms with Gasteiger partial charge in [0.05, 0.1) is 32.3 Å². The van der Waals surface area contributed by atoms with Crippen molar-refractivity contribution in [2.45, 2.75) is 33.6 Å². The summed E-state index contributed by atoms with van der Waals surface area (Å²) < 4.78 is 10.5. The number of hydrogen-bond acceptors (Lipinski definition) is 4. The van der Waals surface area contributed by atoms with E-state index >= 15 is 0 Å². The lowest BCUT2D eigenvalue weighted by Crippen LogP contribution is -2.49. The Morgan fingerprint density at radius 2 is 2.17 bits per heavy atom. The number of carbonyl (C=O) groups is 1. The highest BCUT2D eigenvalue weighted by atomic mass is 127. The van der Waals surface area contributed by atoms with Crippen LogP contribution in [0.4, 0.5) is 0 Å². The first-order valence-corrected chi connectivity index (χ1v) is 8.35. The molecule has 0 saturated carbocycles. The highest BCUT2D eigenvalue weighted by molar-refractivity contribution is 14.0. The molecule has 0 aliphatic carbocycles. The fraction of sp³-hybridized carbons (Fsp3) is 0.875. The van der Waals surface area contributed by atoms with Gasteiger partial charge in [0, 0.05) is 25.0 Å². The summed E-state index contributed by atoms with van der Waals surface area (Å²) in [6, 6.07) is 0. The van der Waals surface area contributed by atoms with Crippen LogP contribution in [-0.2, 0) is 14.3 Å². The second-order valence-electron chi connectivity index (χ2n) is 6.51. The summed E-state index contributed by atoms with van der Waals surface area (Å²) in [5.41, 5.74) is 0.164. The molecular weight excluding hydrogens is 409 g/mol. The number of guanidine groups is 1. The number of nitrogens with zero attached hydrogens (tertiary/aromatic N) is 2. The van der Waals surface area contributed by atoms with Gasteiger partial charge in [0.15, 0.2) is 5.96 Å². The number of aliphatic imine (C=N–C) groups is 1. The van der Waals surface area contributed by atoms with Gasteiger partial charge in [-0.2, -0.15) is 0 Å². The Kier molecular flexibility index (Phi) is 8.60. The van der Waals surface area contributed by atoms with Crippen LogP contribution in [0.15, 0.2) is 4.99 Å². The summed E-state index contributed by atoms with van der Waals surface area (Å²) >= 11 is 0. The van der Waals surface area contributed by atoms with Gasteiger partial charge in [0.25, 0.3) is 0 Å². The molecule has 134 valence electrons. The van der Waals surface area contributed by atoms with Crippen molar-refractivity contribution in [1.29, 1.82) is 0 Å². The van der Waals surface area contributed by atoms with Crippen LogP contribution in [0.2, 0.25) is 0 Å². The zero-order valence-corrected chi connectivity index (χ0v) is 16.8. The number of hydrogen-bond donors (Lipinski definition) is 1. The summed E-state index contributed by atoms with van der Waals surface area (Å²) in [6.07, 6.45) is 1.90. The number of piperidine rings is 1. The van der Waals surface area contributed by atoms with Crippen molar-refractivity contribution in [2.24, 2.45) is 16.3 Å². The molecule has 2 rings (SSSR count). The normalized spacial score (nSPS) is 23.5. The SMILES string of the molecule is CCNC(=NCC1(C)COC1)N1CCCC(C(=O)OCC)C1.I. The van der Waals surface area contributed by atoms with Gasteiger partial charge in [-0.1, -0.05) is 6.92 Å². The van der Waals surface area contributed by atoms with Crippen LogP contribution in [0, 0.1) is 11.3 Å². The standard InChI is InChI=1S/C16H29N3O3.HI/c1-4-17-15(18-10-16(3)11-21-12-16)19-8-6-7-13(9-19)14(20)22-5-2;/h13H,4-12H2,1-3H3,(H,17,18);1H. The molecule has 2 fully saturated rings. The fourth-order valence-corrected chi connectivity index (χ4v) is 2.86. The molecule has 0 spiro atoms. The predicted molar refractivity (Wildman–Crippen MR) is 101 cm³/mol. The van der Waals surface area contributed by atoms with E-state index < -0.39 is 0 Å². The van der Waals surface area contributed by atoms with Crippen LogP contribution in [0.5, 0.6) is 0 Å². The van der Waals surface area contributed by atoms with Crippen molar-refractivity contribution in [1.82, 2.24) is 10.2 Å². The average Bonchev–Trinajstić information content (AvgIpc) is 2.50. The molecule has 1 atom stereocenters. The van der Waals surface area contributed by atoms with Gasteiger partial charge >= 0.3 is 5.97 Å². The number of halogens is 1. The molecule has 0 aromatic rings. The first kappa shape index (κ1) is 20.5. The van der Waals surface area contributed by atoms with Gasteiger partial charge in [-0.25, -0.2) is 0 Å². The Labute approximate surface area is 156 Å². The van der Waals surface area contributed by atoms with Crippen LogP contribution in [0.25, 0.3) is 0 Å². The third-order valence-corrected chi connectivity index (χ3v) is 4.19. The number of ether oxygens (including phenoxy) is 2. The van der Waals surface area contributed by atoms with Gasteiger partial charge in [-0.3, -0.25) is 9.79 Å². The lowest BCUT2D eigenvalue weighted by Gasteiger charge is -2.38. The Hall–Kier alpha value is -0.570.